The predicted molar refractivity (Wildman–Crippen MR) is 286 cm³/mol. The van der Waals surface area contributed by atoms with Crippen LogP contribution in [-0.4, -0.2) is 4.57 Å². The highest BCUT2D eigenvalue weighted by Gasteiger charge is 2.37. The van der Waals surface area contributed by atoms with Crippen molar-refractivity contribution in [1.82, 2.24) is 4.57 Å². The van der Waals surface area contributed by atoms with E-state index in [0.29, 0.717) is 5.92 Å². The van der Waals surface area contributed by atoms with Gasteiger partial charge >= 0.3 is 0 Å². The van der Waals surface area contributed by atoms with Crippen molar-refractivity contribution >= 4 is 80.8 Å². The number of nitrogens with zero attached hydrogens (tertiary/aromatic N) is 1. The van der Waals surface area contributed by atoms with Crippen LogP contribution in [0.25, 0.3) is 97.4 Å². The van der Waals surface area contributed by atoms with Gasteiger partial charge in [0.2, 0.25) is 0 Å². The Labute approximate surface area is 387 Å². The summed E-state index contributed by atoms with van der Waals surface area (Å²) in [6.45, 7) is 21.3. The van der Waals surface area contributed by atoms with E-state index in [4.69, 9.17) is 0 Å². The van der Waals surface area contributed by atoms with Crippen molar-refractivity contribution in [1.29, 1.82) is 0 Å². The van der Waals surface area contributed by atoms with Crippen LogP contribution in [0.3, 0.4) is 0 Å². The largest absolute Gasteiger partial charge is 0.309 e. The molecule has 0 saturated carbocycles. The monoisotopic (exact) mass is 857 g/mol. The molecule has 2 heteroatoms. The Bertz CT molecular complexity index is 3670. The second-order valence-corrected chi connectivity index (χ2v) is 19.8. The van der Waals surface area contributed by atoms with Crippen LogP contribution >= 0.6 is 11.3 Å². The lowest BCUT2D eigenvalue weighted by Crippen LogP contribution is -2.14. The molecule has 318 valence electrons. The lowest BCUT2D eigenvalue weighted by Gasteiger charge is -2.21. The highest BCUT2D eigenvalue weighted by atomic mass is 32.1. The summed E-state index contributed by atoms with van der Waals surface area (Å²) in [5.41, 5.74) is 22.6. The Kier molecular flexibility index (Phi) is 9.75. The summed E-state index contributed by atoms with van der Waals surface area (Å²) in [6, 6.07) is 54.9. The summed E-state index contributed by atoms with van der Waals surface area (Å²) in [5.74, 6) is 0.578. The van der Waals surface area contributed by atoms with Gasteiger partial charge in [0.1, 0.15) is 0 Å². The number of hydrogen-bond acceptors (Lipinski definition) is 1. The maximum Gasteiger partial charge on any atom is 0.0547 e. The summed E-state index contributed by atoms with van der Waals surface area (Å²) in [4.78, 5) is 0. The minimum Gasteiger partial charge on any atom is -0.309 e. The van der Waals surface area contributed by atoms with Crippen molar-refractivity contribution in [2.75, 3.05) is 0 Å². The van der Waals surface area contributed by atoms with Gasteiger partial charge in [-0.3, -0.25) is 0 Å². The molecule has 0 saturated heterocycles. The number of thiophene rings is 1. The summed E-state index contributed by atoms with van der Waals surface area (Å²) in [6.07, 6.45) is 6.05. The molecular formula is C63H55NS. The van der Waals surface area contributed by atoms with Crippen LogP contribution in [0.2, 0.25) is 0 Å². The van der Waals surface area contributed by atoms with Gasteiger partial charge in [0, 0.05) is 42.0 Å². The molecule has 0 N–H and O–H groups in total. The Morgan fingerprint density at radius 3 is 2.05 bits per heavy atom. The minimum atomic E-state index is -0.0359. The van der Waals surface area contributed by atoms with Gasteiger partial charge in [0.25, 0.3) is 0 Å². The van der Waals surface area contributed by atoms with E-state index in [-0.39, 0.29) is 5.41 Å². The number of rotatable bonds is 3. The quantitative estimate of drug-likeness (QED) is 0.167. The van der Waals surface area contributed by atoms with Crippen LogP contribution in [0.1, 0.15) is 86.9 Å². The van der Waals surface area contributed by atoms with E-state index in [1.54, 1.807) is 0 Å². The van der Waals surface area contributed by atoms with E-state index >= 15 is 0 Å². The third kappa shape index (κ3) is 6.18. The first kappa shape index (κ1) is 41.0. The van der Waals surface area contributed by atoms with Crippen molar-refractivity contribution in [3.8, 4) is 27.9 Å². The third-order valence-electron chi connectivity index (χ3n) is 14.4. The Hall–Kier alpha value is -6.74. The van der Waals surface area contributed by atoms with E-state index < -0.39 is 0 Å². The fourth-order valence-electron chi connectivity index (χ4n) is 11.5. The van der Waals surface area contributed by atoms with Gasteiger partial charge in [-0.05, 0) is 159 Å². The smallest absolute Gasteiger partial charge is 0.0547 e. The Balaban J connectivity index is 0.000000317. The van der Waals surface area contributed by atoms with Crippen LogP contribution in [0, 0.1) is 19.8 Å². The normalized spacial score (nSPS) is 15.2. The SMILES string of the molecule is C=C(C)c1c(C)cccc1C.CC.CC1C=C2C(=CC1)c1cccc3c(-c4ccc5sc6ccc(-n7c8ccccc8c8c9c(ccc87)C(C)(C)c7ccccc7-9)cc6c5c4)ccc2c13. The van der Waals surface area contributed by atoms with Gasteiger partial charge in [-0.15, -0.1) is 11.3 Å². The molecule has 1 atom stereocenters. The molecule has 0 radical (unpaired) electrons. The number of fused-ring (bicyclic) bond motifs is 13. The second-order valence-electron chi connectivity index (χ2n) is 18.7. The topological polar surface area (TPSA) is 4.93 Å². The molecule has 13 rings (SSSR count). The third-order valence-corrected chi connectivity index (χ3v) is 15.5. The number of aromatic nitrogens is 1. The zero-order valence-electron chi connectivity index (χ0n) is 38.9. The zero-order chi connectivity index (χ0) is 44.9. The van der Waals surface area contributed by atoms with E-state index in [2.05, 4.69) is 210 Å². The highest BCUT2D eigenvalue weighted by molar-refractivity contribution is 7.25. The van der Waals surface area contributed by atoms with Crippen molar-refractivity contribution in [2.45, 2.75) is 67.2 Å². The molecule has 2 heterocycles. The molecule has 3 aliphatic carbocycles. The minimum absolute atomic E-state index is 0.0359. The fraction of sp³-hybridized carbons (Fsp3) is 0.175. The molecule has 1 unspecified atom stereocenters. The maximum atomic E-state index is 3.95. The van der Waals surface area contributed by atoms with E-state index in [0.717, 1.165) is 12.0 Å². The molecule has 0 aliphatic heterocycles. The fourth-order valence-corrected chi connectivity index (χ4v) is 12.6. The maximum absolute atomic E-state index is 3.95. The Morgan fingerprint density at radius 2 is 1.26 bits per heavy atom. The zero-order valence-corrected chi connectivity index (χ0v) is 39.7. The van der Waals surface area contributed by atoms with Crippen molar-refractivity contribution in [3.05, 3.63) is 203 Å². The summed E-state index contributed by atoms with van der Waals surface area (Å²) < 4.78 is 5.15. The first-order valence-electron chi connectivity index (χ1n) is 23.4. The number of hydrogen-bond donors (Lipinski definition) is 0. The number of benzene rings is 8. The van der Waals surface area contributed by atoms with Crippen molar-refractivity contribution in [3.63, 3.8) is 0 Å². The molecule has 0 spiro atoms. The number of aryl methyl sites for hydroxylation is 2. The molecule has 0 fully saturated rings. The molecular weight excluding hydrogens is 803 g/mol. The van der Waals surface area contributed by atoms with E-state index in [9.17, 15) is 0 Å². The highest BCUT2D eigenvalue weighted by Crippen LogP contribution is 2.54. The van der Waals surface area contributed by atoms with Gasteiger partial charge in [-0.25, -0.2) is 0 Å². The average molecular weight is 858 g/mol. The molecule has 2 aromatic heterocycles. The van der Waals surface area contributed by atoms with Gasteiger partial charge in [-0.1, -0.05) is 162 Å². The molecule has 65 heavy (non-hydrogen) atoms. The number of allylic oxidation sites excluding steroid dienone is 5. The average Bonchev–Trinajstić information content (AvgIpc) is 4.02. The molecule has 1 nitrogen and oxygen atoms in total. The summed E-state index contributed by atoms with van der Waals surface area (Å²) in [5, 5.41) is 8.07. The first-order valence-corrected chi connectivity index (χ1v) is 24.2. The van der Waals surface area contributed by atoms with E-state index in [1.807, 2.05) is 25.2 Å². The van der Waals surface area contributed by atoms with Gasteiger partial charge < -0.3 is 4.57 Å². The molecule has 0 bridgehead atoms. The Morgan fingerprint density at radius 1 is 0.600 bits per heavy atom. The van der Waals surface area contributed by atoms with Crippen molar-refractivity contribution in [2.24, 2.45) is 5.92 Å². The first-order chi connectivity index (χ1) is 31.6. The lowest BCUT2D eigenvalue weighted by atomic mass is 9.82. The number of para-hydroxylation sites is 1. The van der Waals surface area contributed by atoms with Crippen LogP contribution in [-0.2, 0) is 5.41 Å². The van der Waals surface area contributed by atoms with Crippen LogP contribution in [0.4, 0.5) is 0 Å². The van der Waals surface area contributed by atoms with Gasteiger partial charge in [-0.2, -0.15) is 0 Å². The van der Waals surface area contributed by atoms with Crippen LogP contribution in [0.5, 0.6) is 0 Å². The second kappa shape index (κ2) is 15.5. The van der Waals surface area contributed by atoms with Crippen molar-refractivity contribution < 1.29 is 0 Å². The molecule has 0 amide bonds. The molecule has 3 aliphatic rings. The van der Waals surface area contributed by atoms with Gasteiger partial charge in [0.15, 0.2) is 0 Å². The molecule has 10 aromatic rings. The summed E-state index contributed by atoms with van der Waals surface area (Å²) >= 11 is 1.90. The van der Waals surface area contributed by atoms with E-state index in [1.165, 1.54) is 131 Å². The van der Waals surface area contributed by atoms with Crippen LogP contribution < -0.4 is 0 Å². The predicted octanol–water partition coefficient (Wildman–Crippen LogP) is 18.5. The summed E-state index contributed by atoms with van der Waals surface area (Å²) in [7, 11) is 0. The van der Waals surface area contributed by atoms with Gasteiger partial charge in [0.05, 0.1) is 11.0 Å². The standard InChI is InChI=1S/C50H35NS.C11H14.C2H6/c1-28-15-18-32-34-12-8-11-33-31(19-20-35(47(33)34)38(32)25-28)29-16-23-45-39(26-29)40-27-30(17-24-46(40)52-45)51-43-14-7-5-10-37(43)49-44(51)22-21-42-48(49)36-9-4-6-13-41(36)50(42,2)3;1-8(2)11-9(3)6-5-7-10(11)4;1-2/h4-14,16-28H,15H2,1-3H3;5-7H,1H2,2-4H3;1-2H3. The molecule has 8 aromatic carbocycles. The lowest BCUT2D eigenvalue weighted by molar-refractivity contribution is 0.661. The van der Waals surface area contributed by atoms with Crippen LogP contribution in [0.15, 0.2) is 164 Å².